The van der Waals surface area contributed by atoms with Crippen molar-refractivity contribution in [3.63, 3.8) is 0 Å². The van der Waals surface area contributed by atoms with E-state index in [4.69, 9.17) is 10.3 Å². The first-order valence-corrected chi connectivity index (χ1v) is 5.53. The number of nitrogens with one attached hydrogen (secondary N) is 1. The van der Waals surface area contributed by atoms with Crippen LogP contribution in [0.15, 0.2) is 4.52 Å². The van der Waals surface area contributed by atoms with Gasteiger partial charge in [0.15, 0.2) is 11.9 Å². The summed E-state index contributed by atoms with van der Waals surface area (Å²) in [6, 6.07) is -1.31. The lowest BCUT2D eigenvalue weighted by Crippen LogP contribution is -2.47. The van der Waals surface area contributed by atoms with Gasteiger partial charge in [0.25, 0.3) is 0 Å². The molecule has 0 saturated carbocycles. The number of nitrogens with zero attached hydrogens (tertiary/aromatic N) is 2. The van der Waals surface area contributed by atoms with E-state index in [0.717, 1.165) is 0 Å². The molecule has 1 unspecified atom stereocenters. The number of hydrogen-bond acceptors (Lipinski definition) is 7. The van der Waals surface area contributed by atoms with Crippen molar-refractivity contribution in [2.75, 3.05) is 13.2 Å². The van der Waals surface area contributed by atoms with Crippen LogP contribution in [0, 0.1) is 6.92 Å². The second-order valence-electron chi connectivity index (χ2n) is 3.51. The summed E-state index contributed by atoms with van der Waals surface area (Å²) >= 11 is 0. The number of rotatable bonds is 6. The second kappa shape index (κ2) is 6.70. The molecule has 1 amide bonds. The Morgan fingerprint density at radius 3 is 2.83 bits per heavy atom. The Balaban J connectivity index is 2.30. The molecule has 1 heterocycles. The maximum Gasteiger partial charge on any atom is 0.332 e. The lowest BCUT2D eigenvalue weighted by atomic mass is 10.3. The van der Waals surface area contributed by atoms with Crippen LogP contribution in [-0.4, -0.2) is 41.2 Å². The number of ether oxygens (including phenoxy) is 1. The van der Waals surface area contributed by atoms with Gasteiger partial charge in [-0.2, -0.15) is 4.98 Å². The molecule has 0 bridgehead atoms. The van der Waals surface area contributed by atoms with Gasteiger partial charge in [-0.25, -0.2) is 4.79 Å². The average molecular weight is 256 g/mol. The van der Waals surface area contributed by atoms with Crippen LogP contribution in [0.4, 0.5) is 0 Å². The van der Waals surface area contributed by atoms with Crippen molar-refractivity contribution in [2.24, 2.45) is 5.73 Å². The molecule has 0 fully saturated rings. The fourth-order valence-corrected chi connectivity index (χ4v) is 1.18. The van der Waals surface area contributed by atoms with Crippen LogP contribution in [0.1, 0.15) is 18.6 Å². The highest BCUT2D eigenvalue weighted by Gasteiger charge is 2.22. The predicted molar refractivity (Wildman–Crippen MR) is 60.4 cm³/mol. The number of carbonyl (C=O) groups is 2. The Kier molecular flexibility index (Phi) is 5.25. The summed E-state index contributed by atoms with van der Waals surface area (Å²) in [6.45, 7) is 3.78. The highest BCUT2D eigenvalue weighted by molar-refractivity contribution is 6.01. The molecule has 100 valence electrons. The molecule has 0 aliphatic carbocycles. The number of nitrogens with two attached hydrogens (primary N) is 1. The number of carbonyl (C=O) groups excluding carboxylic acids is 2. The minimum absolute atomic E-state index is 0.182. The van der Waals surface area contributed by atoms with E-state index in [1.54, 1.807) is 13.8 Å². The third kappa shape index (κ3) is 4.13. The van der Waals surface area contributed by atoms with Crippen LogP contribution in [0.3, 0.4) is 0 Å². The first-order valence-electron chi connectivity index (χ1n) is 5.53. The molecule has 1 aromatic rings. The number of esters is 1. The standard InChI is InChI=1S/C10H16N4O4/c1-3-17-10(16)8(11)9(15)12-5-4-7-13-6(2)14-18-7/h8H,3-5,11H2,1-2H3,(H,12,15). The van der Waals surface area contributed by atoms with Gasteiger partial charge in [0.2, 0.25) is 11.8 Å². The van der Waals surface area contributed by atoms with Gasteiger partial charge in [0.05, 0.1) is 6.61 Å². The van der Waals surface area contributed by atoms with E-state index >= 15 is 0 Å². The van der Waals surface area contributed by atoms with Gasteiger partial charge in [-0.3, -0.25) is 4.79 Å². The quantitative estimate of drug-likeness (QED) is 0.491. The smallest absolute Gasteiger partial charge is 0.332 e. The summed E-state index contributed by atoms with van der Waals surface area (Å²) in [7, 11) is 0. The molecule has 0 aliphatic heterocycles. The molecule has 0 spiro atoms. The van der Waals surface area contributed by atoms with Gasteiger partial charge in [0.1, 0.15) is 0 Å². The maximum absolute atomic E-state index is 11.5. The lowest BCUT2D eigenvalue weighted by molar-refractivity contribution is -0.147. The Morgan fingerprint density at radius 1 is 1.56 bits per heavy atom. The summed E-state index contributed by atoms with van der Waals surface area (Å²) in [6.07, 6.45) is 0.377. The Bertz CT molecular complexity index is 418. The van der Waals surface area contributed by atoms with E-state index in [-0.39, 0.29) is 13.2 Å². The number of hydrogen-bond donors (Lipinski definition) is 2. The number of aryl methyl sites for hydroxylation is 1. The third-order valence-corrected chi connectivity index (χ3v) is 2.03. The number of aromatic nitrogens is 2. The Morgan fingerprint density at radius 2 is 2.28 bits per heavy atom. The molecule has 1 rings (SSSR count). The molecule has 0 aromatic carbocycles. The fourth-order valence-electron chi connectivity index (χ4n) is 1.18. The van der Waals surface area contributed by atoms with Crippen LogP contribution < -0.4 is 11.1 Å². The van der Waals surface area contributed by atoms with E-state index in [0.29, 0.717) is 18.1 Å². The monoisotopic (exact) mass is 256 g/mol. The molecule has 0 aliphatic rings. The predicted octanol–water partition coefficient (Wildman–Crippen LogP) is -1.07. The molecule has 1 aromatic heterocycles. The zero-order valence-electron chi connectivity index (χ0n) is 10.3. The lowest BCUT2D eigenvalue weighted by Gasteiger charge is -2.10. The summed E-state index contributed by atoms with van der Waals surface area (Å²) in [5.41, 5.74) is 5.39. The Labute approximate surface area is 104 Å². The SMILES string of the molecule is CCOC(=O)C(N)C(=O)NCCc1nc(C)no1. The molecule has 8 heteroatoms. The van der Waals surface area contributed by atoms with E-state index in [1.165, 1.54) is 0 Å². The summed E-state index contributed by atoms with van der Waals surface area (Å²) in [4.78, 5) is 26.6. The fraction of sp³-hybridized carbons (Fsp3) is 0.600. The maximum atomic E-state index is 11.5. The average Bonchev–Trinajstić information content (AvgIpc) is 2.74. The van der Waals surface area contributed by atoms with E-state index < -0.39 is 17.9 Å². The second-order valence-corrected chi connectivity index (χ2v) is 3.51. The van der Waals surface area contributed by atoms with E-state index in [2.05, 4.69) is 20.2 Å². The van der Waals surface area contributed by atoms with Crippen molar-refractivity contribution >= 4 is 11.9 Å². The van der Waals surface area contributed by atoms with E-state index in [1.807, 2.05) is 0 Å². The van der Waals surface area contributed by atoms with Gasteiger partial charge < -0.3 is 20.3 Å². The highest BCUT2D eigenvalue weighted by atomic mass is 16.5. The van der Waals surface area contributed by atoms with Gasteiger partial charge in [-0.15, -0.1) is 0 Å². The van der Waals surface area contributed by atoms with Crippen LogP contribution in [0.25, 0.3) is 0 Å². The van der Waals surface area contributed by atoms with Crippen molar-refractivity contribution < 1.29 is 18.8 Å². The van der Waals surface area contributed by atoms with Crippen LogP contribution >= 0.6 is 0 Å². The molecule has 1 atom stereocenters. The van der Waals surface area contributed by atoms with Crippen molar-refractivity contribution in [3.05, 3.63) is 11.7 Å². The molecule has 18 heavy (non-hydrogen) atoms. The first-order chi connectivity index (χ1) is 8.54. The van der Waals surface area contributed by atoms with Crippen molar-refractivity contribution in [1.82, 2.24) is 15.5 Å². The first kappa shape index (κ1) is 14.1. The van der Waals surface area contributed by atoms with Crippen LogP contribution in [0.5, 0.6) is 0 Å². The molecular formula is C10H16N4O4. The van der Waals surface area contributed by atoms with Crippen molar-refractivity contribution in [3.8, 4) is 0 Å². The minimum atomic E-state index is -1.31. The van der Waals surface area contributed by atoms with Gasteiger partial charge in [0, 0.05) is 13.0 Å². The molecule has 3 N–H and O–H groups in total. The van der Waals surface area contributed by atoms with Crippen LogP contribution in [0.2, 0.25) is 0 Å². The highest BCUT2D eigenvalue weighted by Crippen LogP contribution is 1.95. The molecule has 0 radical (unpaired) electrons. The summed E-state index contributed by atoms with van der Waals surface area (Å²) < 4.78 is 9.48. The molecule has 8 nitrogen and oxygen atoms in total. The summed E-state index contributed by atoms with van der Waals surface area (Å²) in [5, 5.41) is 6.09. The Hall–Kier alpha value is -1.96. The van der Waals surface area contributed by atoms with Gasteiger partial charge in [-0.1, -0.05) is 5.16 Å². The van der Waals surface area contributed by atoms with Gasteiger partial charge in [-0.05, 0) is 13.8 Å². The topological polar surface area (TPSA) is 120 Å². The molecule has 0 saturated heterocycles. The van der Waals surface area contributed by atoms with E-state index in [9.17, 15) is 9.59 Å². The zero-order valence-corrected chi connectivity index (χ0v) is 10.3. The van der Waals surface area contributed by atoms with Crippen molar-refractivity contribution in [2.45, 2.75) is 26.3 Å². The van der Waals surface area contributed by atoms with Crippen LogP contribution in [-0.2, 0) is 20.7 Å². The molecular weight excluding hydrogens is 240 g/mol. The van der Waals surface area contributed by atoms with Gasteiger partial charge >= 0.3 is 5.97 Å². The number of amides is 1. The zero-order chi connectivity index (χ0) is 13.5. The normalized spacial score (nSPS) is 11.9. The van der Waals surface area contributed by atoms with Crippen molar-refractivity contribution in [1.29, 1.82) is 0 Å². The minimum Gasteiger partial charge on any atom is -0.464 e. The third-order valence-electron chi connectivity index (χ3n) is 2.03. The summed E-state index contributed by atoms with van der Waals surface area (Å²) in [5.74, 6) is -0.398. The largest absolute Gasteiger partial charge is 0.464 e.